The maximum atomic E-state index is 12.0. The van der Waals surface area contributed by atoms with Gasteiger partial charge in [0.05, 0.1) is 12.8 Å². The highest BCUT2D eigenvalue weighted by molar-refractivity contribution is 5.90. The van der Waals surface area contributed by atoms with E-state index in [4.69, 9.17) is 4.74 Å². The smallest absolute Gasteiger partial charge is 0.319 e. The number of carbonyl (C=O) groups excluding carboxylic acids is 1. The van der Waals surface area contributed by atoms with Crippen LogP contribution >= 0.6 is 0 Å². The largest absolute Gasteiger partial charge is 0.495 e. The Hall–Kier alpha value is -4.07. The lowest BCUT2D eigenvalue weighted by Gasteiger charge is -2.08. The van der Waals surface area contributed by atoms with E-state index in [-0.39, 0.29) is 6.03 Å². The minimum absolute atomic E-state index is 0.168. The third-order valence-electron chi connectivity index (χ3n) is 5.05. The first-order valence-electron chi connectivity index (χ1n) is 10.1. The lowest BCUT2D eigenvalue weighted by Crippen LogP contribution is -2.30. The summed E-state index contributed by atoms with van der Waals surface area (Å²) < 4.78 is 7.10. The van der Waals surface area contributed by atoms with E-state index in [1.54, 1.807) is 11.6 Å². The summed E-state index contributed by atoms with van der Waals surface area (Å²) in [5, 5.41) is 13.6. The number of ether oxygens (including phenoxy) is 1. The quantitative estimate of drug-likeness (QED) is 0.434. The zero-order valence-electron chi connectivity index (χ0n) is 17.0. The molecule has 1 aliphatic carbocycles. The predicted octanol–water partition coefficient (Wildman–Crippen LogP) is 4.43. The van der Waals surface area contributed by atoms with Crippen LogP contribution < -0.4 is 20.7 Å². The van der Waals surface area contributed by atoms with Gasteiger partial charge >= 0.3 is 6.03 Å². The predicted molar refractivity (Wildman–Crippen MR) is 120 cm³/mol. The number of benzene rings is 2. The van der Waals surface area contributed by atoms with Crippen LogP contribution in [0.5, 0.6) is 5.75 Å². The van der Waals surface area contributed by atoms with Gasteiger partial charge in [-0.25, -0.2) is 9.31 Å². The molecule has 0 aliphatic heterocycles. The van der Waals surface area contributed by atoms with Crippen molar-refractivity contribution < 1.29 is 9.53 Å². The third-order valence-corrected chi connectivity index (χ3v) is 5.05. The highest BCUT2D eigenvalue weighted by Gasteiger charge is 2.23. The van der Waals surface area contributed by atoms with E-state index in [0.29, 0.717) is 12.0 Å². The number of nitrogens with zero attached hydrogens (tertiary/aromatic N) is 3. The van der Waals surface area contributed by atoms with Crippen molar-refractivity contribution in [3.63, 3.8) is 0 Å². The van der Waals surface area contributed by atoms with E-state index < -0.39 is 0 Å². The second-order valence-corrected chi connectivity index (χ2v) is 7.43. The Morgan fingerprint density at radius 1 is 1.06 bits per heavy atom. The summed E-state index contributed by atoms with van der Waals surface area (Å²) in [4.78, 5) is 16.6. The maximum Gasteiger partial charge on any atom is 0.319 e. The van der Waals surface area contributed by atoms with E-state index >= 15 is 0 Å². The highest BCUT2D eigenvalue weighted by Crippen LogP contribution is 2.27. The third kappa shape index (κ3) is 4.28. The van der Waals surface area contributed by atoms with Crippen LogP contribution in [0.1, 0.15) is 12.8 Å². The Labute approximate surface area is 179 Å². The molecule has 2 heterocycles. The summed E-state index contributed by atoms with van der Waals surface area (Å²) in [6, 6.07) is 19.4. The van der Waals surface area contributed by atoms with Gasteiger partial charge in [0.25, 0.3) is 0 Å². The van der Waals surface area contributed by atoms with Gasteiger partial charge in [-0.15, -0.1) is 5.10 Å². The van der Waals surface area contributed by atoms with Gasteiger partial charge in [0.15, 0.2) is 5.65 Å². The topological polar surface area (TPSA) is 92.6 Å². The Morgan fingerprint density at radius 3 is 2.77 bits per heavy atom. The van der Waals surface area contributed by atoms with Crippen molar-refractivity contribution in [1.29, 1.82) is 0 Å². The first kappa shape index (κ1) is 18.9. The first-order chi connectivity index (χ1) is 15.2. The first-order valence-corrected chi connectivity index (χ1v) is 10.1. The fraction of sp³-hybridized carbons (Fsp3) is 0.174. The van der Waals surface area contributed by atoms with Gasteiger partial charge < -0.3 is 20.7 Å². The normalized spacial score (nSPS) is 13.1. The lowest BCUT2D eigenvalue weighted by molar-refractivity contribution is 0.251. The van der Waals surface area contributed by atoms with Gasteiger partial charge in [0.2, 0.25) is 5.95 Å². The molecule has 8 nitrogen and oxygen atoms in total. The number of anilines is 3. The summed E-state index contributed by atoms with van der Waals surface area (Å²) in [5.74, 6) is 1.20. The van der Waals surface area contributed by atoms with Crippen molar-refractivity contribution in [2.24, 2.45) is 0 Å². The standard InChI is InChI=1S/C23H22N6O2/c1-31-20-8-3-2-7-19(20)26-22-27-21-12-9-16(14-29(21)28-22)15-5-4-6-18(13-15)25-23(30)24-17-10-11-17/h2-9,12-14,17H,10-11H2,1H3,(H,26,28)(H2,24,25,30). The molecule has 2 aromatic carbocycles. The van der Waals surface area contributed by atoms with Crippen molar-refractivity contribution in [2.45, 2.75) is 18.9 Å². The molecule has 2 aromatic heterocycles. The van der Waals surface area contributed by atoms with Gasteiger partial charge in [-0.1, -0.05) is 24.3 Å². The van der Waals surface area contributed by atoms with Crippen molar-refractivity contribution in [3.8, 4) is 16.9 Å². The van der Waals surface area contributed by atoms with Crippen LogP contribution in [0.15, 0.2) is 66.9 Å². The van der Waals surface area contributed by atoms with E-state index in [2.05, 4.69) is 26.0 Å². The molecule has 0 saturated heterocycles. The average molecular weight is 414 g/mol. The molecule has 3 N–H and O–H groups in total. The molecular weight excluding hydrogens is 392 g/mol. The number of rotatable bonds is 6. The second kappa shape index (κ2) is 7.98. The molecule has 4 aromatic rings. The molecule has 0 unspecified atom stereocenters. The number of pyridine rings is 1. The molecule has 0 bridgehead atoms. The van der Waals surface area contributed by atoms with Gasteiger partial charge in [0, 0.05) is 23.5 Å². The zero-order chi connectivity index (χ0) is 21.2. The molecule has 1 aliphatic rings. The molecule has 1 fully saturated rings. The summed E-state index contributed by atoms with van der Waals surface area (Å²) >= 11 is 0. The van der Waals surface area contributed by atoms with Crippen molar-refractivity contribution >= 4 is 29.0 Å². The monoisotopic (exact) mass is 414 g/mol. The van der Waals surface area contributed by atoms with E-state index in [0.717, 1.165) is 46.7 Å². The number of aromatic nitrogens is 3. The van der Waals surface area contributed by atoms with Crippen LogP contribution in [0.2, 0.25) is 0 Å². The summed E-state index contributed by atoms with van der Waals surface area (Å²) in [6.45, 7) is 0. The Morgan fingerprint density at radius 2 is 1.94 bits per heavy atom. The Bertz CT molecular complexity index is 1250. The highest BCUT2D eigenvalue weighted by atomic mass is 16.5. The fourth-order valence-electron chi connectivity index (χ4n) is 3.33. The average Bonchev–Trinajstić information content (AvgIpc) is 3.50. The molecule has 8 heteroatoms. The van der Waals surface area contributed by atoms with E-state index in [1.807, 2.05) is 66.9 Å². The minimum atomic E-state index is -0.168. The number of carbonyl (C=O) groups is 1. The number of fused-ring (bicyclic) bond motifs is 1. The zero-order valence-corrected chi connectivity index (χ0v) is 17.0. The van der Waals surface area contributed by atoms with Gasteiger partial charge in [0.1, 0.15) is 5.75 Å². The summed E-state index contributed by atoms with van der Waals surface area (Å²) in [7, 11) is 1.63. The molecule has 0 spiro atoms. The van der Waals surface area contributed by atoms with Crippen LogP contribution in [0.3, 0.4) is 0 Å². The molecule has 0 radical (unpaired) electrons. The van der Waals surface area contributed by atoms with E-state index in [9.17, 15) is 4.79 Å². The number of hydrogen-bond acceptors (Lipinski definition) is 5. The van der Waals surface area contributed by atoms with Crippen LogP contribution in [0.25, 0.3) is 16.8 Å². The number of methoxy groups -OCH3 is 1. The van der Waals surface area contributed by atoms with Crippen LogP contribution in [-0.2, 0) is 0 Å². The Kier molecular flexibility index (Phi) is 4.87. The molecular formula is C23H22N6O2. The number of amides is 2. The van der Waals surface area contributed by atoms with E-state index in [1.165, 1.54) is 0 Å². The molecule has 31 heavy (non-hydrogen) atoms. The van der Waals surface area contributed by atoms with Crippen LogP contribution in [0.4, 0.5) is 22.1 Å². The molecule has 2 amide bonds. The Balaban J connectivity index is 1.37. The number of urea groups is 1. The van der Waals surface area contributed by atoms with Crippen molar-refractivity contribution in [3.05, 3.63) is 66.9 Å². The van der Waals surface area contributed by atoms with Crippen molar-refractivity contribution in [2.75, 3.05) is 17.7 Å². The molecule has 5 rings (SSSR count). The number of hydrogen-bond donors (Lipinski definition) is 3. The lowest BCUT2D eigenvalue weighted by atomic mass is 10.1. The summed E-state index contributed by atoms with van der Waals surface area (Å²) in [5.41, 5.74) is 4.20. The van der Waals surface area contributed by atoms with Crippen molar-refractivity contribution in [1.82, 2.24) is 19.9 Å². The summed E-state index contributed by atoms with van der Waals surface area (Å²) in [6.07, 6.45) is 4.03. The second-order valence-electron chi connectivity index (χ2n) is 7.43. The maximum absolute atomic E-state index is 12.0. The molecule has 156 valence electrons. The number of para-hydroxylation sites is 2. The molecule has 0 atom stereocenters. The SMILES string of the molecule is COc1ccccc1Nc1nc2ccc(-c3cccc(NC(=O)NC4CC4)c3)cn2n1. The number of nitrogens with one attached hydrogen (secondary N) is 3. The van der Waals surface area contributed by atoms with Gasteiger partial charge in [-0.05, 0) is 54.8 Å². The van der Waals surface area contributed by atoms with Gasteiger partial charge in [-0.3, -0.25) is 0 Å². The van der Waals surface area contributed by atoms with Crippen LogP contribution in [0, 0.1) is 0 Å². The van der Waals surface area contributed by atoms with Gasteiger partial charge in [-0.2, -0.15) is 4.98 Å². The fourth-order valence-corrected chi connectivity index (χ4v) is 3.33. The minimum Gasteiger partial charge on any atom is -0.495 e. The van der Waals surface area contributed by atoms with Crippen LogP contribution in [-0.4, -0.2) is 33.8 Å². The molecule has 1 saturated carbocycles.